The Morgan fingerprint density at radius 3 is 2.93 bits per heavy atom. The van der Waals surface area contributed by atoms with Gasteiger partial charge >= 0.3 is 0 Å². The Labute approximate surface area is 102 Å². The van der Waals surface area contributed by atoms with Gasteiger partial charge < -0.3 is 4.74 Å². The maximum Gasteiger partial charge on any atom is 0.250 e. The zero-order valence-corrected chi connectivity index (χ0v) is 11.4. The number of methoxy groups -OCH3 is 1. The van der Waals surface area contributed by atoms with Gasteiger partial charge in [0.15, 0.2) is 0 Å². The van der Waals surface area contributed by atoms with E-state index < -0.39 is 10.0 Å². The lowest BCUT2D eigenvalue weighted by atomic mass is 10.5. The lowest BCUT2D eigenvalue weighted by Crippen LogP contribution is -2.31. The van der Waals surface area contributed by atoms with Crippen LogP contribution in [0.15, 0.2) is 21.7 Å². The second-order valence-corrected chi connectivity index (χ2v) is 7.07. The van der Waals surface area contributed by atoms with Crippen molar-refractivity contribution in [2.45, 2.75) is 9.04 Å². The first-order valence-electron chi connectivity index (χ1n) is 4.22. The molecule has 0 bridgehead atoms. The van der Waals surface area contributed by atoms with Crippen molar-refractivity contribution in [3.63, 3.8) is 0 Å². The van der Waals surface area contributed by atoms with Crippen LogP contribution in [-0.2, 0) is 14.8 Å². The molecule has 0 radical (unpaired) electrons. The summed E-state index contributed by atoms with van der Waals surface area (Å²) in [4.78, 5) is -0.0164. The molecule has 0 saturated carbocycles. The number of nitrogens with one attached hydrogen (secondary N) is 1. The fraction of sp³-hybridized carbons (Fsp3) is 0.500. The lowest BCUT2D eigenvalue weighted by Gasteiger charge is -2.09. The van der Waals surface area contributed by atoms with Crippen LogP contribution in [0, 0.1) is 0 Å². The summed E-state index contributed by atoms with van der Waals surface area (Å²) < 4.78 is 31.0. The van der Waals surface area contributed by atoms with E-state index in [0.717, 1.165) is 0 Å². The summed E-state index contributed by atoms with van der Waals surface area (Å²) in [6, 6.07) is 3.28. The van der Waals surface area contributed by atoms with E-state index in [2.05, 4.69) is 20.7 Å². The first-order chi connectivity index (χ1) is 7.06. The molecule has 1 aromatic heterocycles. The largest absolute Gasteiger partial charge is 0.383 e. The van der Waals surface area contributed by atoms with E-state index in [4.69, 9.17) is 4.74 Å². The minimum Gasteiger partial charge on any atom is -0.383 e. The van der Waals surface area contributed by atoms with Crippen molar-refractivity contribution in [3.05, 3.63) is 17.5 Å². The third-order valence-electron chi connectivity index (χ3n) is 1.60. The fourth-order valence-electron chi connectivity index (χ4n) is 0.927. The number of hydrogen-bond acceptors (Lipinski definition) is 4. The smallest absolute Gasteiger partial charge is 0.250 e. The highest BCUT2D eigenvalue weighted by atomic mass is 79.9. The molecule has 1 N–H and O–H groups in total. The van der Waals surface area contributed by atoms with Gasteiger partial charge in [-0.15, -0.1) is 11.3 Å². The van der Waals surface area contributed by atoms with Gasteiger partial charge in [0.1, 0.15) is 4.21 Å². The van der Waals surface area contributed by atoms with Crippen LogP contribution < -0.4 is 4.72 Å². The predicted octanol–water partition coefficient (Wildman–Crippen LogP) is 1.44. The summed E-state index contributed by atoms with van der Waals surface area (Å²) in [5, 5.41) is 1.73. The van der Waals surface area contributed by atoms with E-state index in [1.807, 2.05) is 0 Å². The molecule has 0 aliphatic heterocycles. The van der Waals surface area contributed by atoms with E-state index in [0.29, 0.717) is 17.4 Å². The average molecular weight is 314 g/mol. The second kappa shape index (κ2) is 5.95. The molecule has 1 unspecified atom stereocenters. The highest BCUT2D eigenvalue weighted by molar-refractivity contribution is 9.09. The van der Waals surface area contributed by atoms with Crippen LogP contribution in [0.25, 0.3) is 0 Å². The van der Waals surface area contributed by atoms with Gasteiger partial charge in [-0.3, -0.25) is 0 Å². The zero-order chi connectivity index (χ0) is 11.3. The van der Waals surface area contributed by atoms with Gasteiger partial charge in [0.25, 0.3) is 0 Å². The molecule has 7 heteroatoms. The highest BCUT2D eigenvalue weighted by Gasteiger charge is 2.16. The third-order valence-corrected chi connectivity index (χ3v) is 5.01. The van der Waals surface area contributed by atoms with Crippen LogP contribution in [-0.4, -0.2) is 33.5 Å². The van der Waals surface area contributed by atoms with Crippen molar-refractivity contribution in [1.29, 1.82) is 0 Å². The second-order valence-electron chi connectivity index (χ2n) is 2.84. The minimum absolute atomic E-state index is 0.0164. The van der Waals surface area contributed by atoms with Crippen molar-refractivity contribution in [3.8, 4) is 0 Å². The summed E-state index contributed by atoms with van der Waals surface area (Å²) in [6.07, 6.45) is 0. The summed E-state index contributed by atoms with van der Waals surface area (Å²) in [6.45, 7) is 0.779. The van der Waals surface area contributed by atoms with Crippen LogP contribution in [0.2, 0.25) is 0 Å². The van der Waals surface area contributed by atoms with E-state index >= 15 is 0 Å². The normalized spacial score (nSPS) is 14.0. The zero-order valence-electron chi connectivity index (χ0n) is 8.14. The summed E-state index contributed by atoms with van der Waals surface area (Å²) >= 11 is 4.50. The molecule has 1 rings (SSSR count). The molecular weight excluding hydrogens is 302 g/mol. The molecule has 0 amide bonds. The van der Waals surface area contributed by atoms with E-state index in [9.17, 15) is 8.42 Å². The van der Waals surface area contributed by atoms with Crippen molar-refractivity contribution in [1.82, 2.24) is 4.72 Å². The molecule has 0 fully saturated rings. The molecule has 86 valence electrons. The topological polar surface area (TPSA) is 55.4 Å². The molecular formula is C8H12BrNO3S2. The van der Waals surface area contributed by atoms with Gasteiger partial charge in [-0.2, -0.15) is 0 Å². The molecule has 0 spiro atoms. The number of thiophene rings is 1. The molecule has 0 saturated heterocycles. The Kier molecular flexibility index (Phi) is 5.20. The Morgan fingerprint density at radius 1 is 1.67 bits per heavy atom. The Hall–Kier alpha value is 0.0500. The maximum absolute atomic E-state index is 11.6. The first kappa shape index (κ1) is 13.1. The average Bonchev–Trinajstić information content (AvgIpc) is 2.69. The number of alkyl halides is 1. The summed E-state index contributed by atoms with van der Waals surface area (Å²) in [5.41, 5.74) is 0. The minimum atomic E-state index is -3.35. The van der Waals surface area contributed by atoms with Gasteiger partial charge in [0.05, 0.1) is 11.4 Å². The van der Waals surface area contributed by atoms with Crippen LogP contribution in [0.4, 0.5) is 0 Å². The van der Waals surface area contributed by atoms with Crippen LogP contribution in [0.5, 0.6) is 0 Å². The number of sulfonamides is 1. The molecule has 0 aliphatic carbocycles. The lowest BCUT2D eigenvalue weighted by molar-refractivity contribution is 0.201. The predicted molar refractivity (Wildman–Crippen MR) is 64.1 cm³/mol. The quantitative estimate of drug-likeness (QED) is 0.808. The van der Waals surface area contributed by atoms with Gasteiger partial charge in [0.2, 0.25) is 10.0 Å². The van der Waals surface area contributed by atoms with Crippen molar-refractivity contribution in [2.24, 2.45) is 0 Å². The Bertz CT molecular complexity index is 377. The molecule has 0 aliphatic rings. The molecule has 1 heterocycles. The van der Waals surface area contributed by atoms with E-state index in [1.54, 1.807) is 24.6 Å². The van der Waals surface area contributed by atoms with Gasteiger partial charge in [-0.05, 0) is 11.4 Å². The van der Waals surface area contributed by atoms with Crippen LogP contribution >= 0.6 is 27.3 Å². The monoisotopic (exact) mass is 313 g/mol. The van der Waals surface area contributed by atoms with Gasteiger partial charge in [-0.1, -0.05) is 22.0 Å². The Morgan fingerprint density at radius 2 is 2.40 bits per heavy atom. The third kappa shape index (κ3) is 4.20. The SMILES string of the molecule is COCC(Br)CNS(=O)(=O)c1cccs1. The van der Waals surface area contributed by atoms with Gasteiger partial charge in [0, 0.05) is 13.7 Å². The number of ether oxygens (including phenoxy) is 1. The standard InChI is InChI=1S/C8H12BrNO3S2/c1-13-6-7(9)5-10-15(11,12)8-3-2-4-14-8/h2-4,7,10H,5-6H2,1H3. The van der Waals surface area contributed by atoms with Crippen molar-refractivity contribution >= 4 is 37.3 Å². The van der Waals surface area contributed by atoms with Crippen LogP contribution in [0.3, 0.4) is 0 Å². The highest BCUT2D eigenvalue weighted by Crippen LogP contribution is 2.15. The molecule has 0 aromatic carbocycles. The van der Waals surface area contributed by atoms with Crippen molar-refractivity contribution in [2.75, 3.05) is 20.3 Å². The van der Waals surface area contributed by atoms with Crippen LogP contribution in [0.1, 0.15) is 0 Å². The van der Waals surface area contributed by atoms with Crippen molar-refractivity contribution < 1.29 is 13.2 Å². The molecule has 4 nitrogen and oxygen atoms in total. The fourth-order valence-corrected chi connectivity index (χ4v) is 3.69. The number of rotatable bonds is 6. The molecule has 1 atom stereocenters. The van der Waals surface area contributed by atoms with Gasteiger partial charge in [-0.25, -0.2) is 13.1 Å². The van der Waals surface area contributed by atoms with E-state index in [-0.39, 0.29) is 4.83 Å². The number of hydrogen-bond donors (Lipinski definition) is 1. The first-order valence-corrected chi connectivity index (χ1v) is 7.50. The maximum atomic E-state index is 11.6. The Balaban J connectivity index is 2.52. The molecule has 15 heavy (non-hydrogen) atoms. The number of halogens is 1. The van der Waals surface area contributed by atoms with E-state index in [1.165, 1.54) is 11.3 Å². The summed E-state index contributed by atoms with van der Waals surface area (Å²) in [5.74, 6) is 0. The summed E-state index contributed by atoms with van der Waals surface area (Å²) in [7, 11) is -1.78. The molecule has 1 aromatic rings.